The zero-order valence-corrected chi connectivity index (χ0v) is 13.5. The number of nitrogens with two attached hydrogens (primary N) is 1. The van der Waals surface area contributed by atoms with Gasteiger partial charge >= 0.3 is 0 Å². The summed E-state index contributed by atoms with van der Waals surface area (Å²) < 4.78 is 0. The highest BCUT2D eigenvalue weighted by atomic mass is 16.1. The van der Waals surface area contributed by atoms with Crippen LogP contribution < -0.4 is 11.1 Å². The average molecular weight is 292 g/mol. The van der Waals surface area contributed by atoms with Crippen molar-refractivity contribution in [2.24, 2.45) is 11.3 Å². The summed E-state index contributed by atoms with van der Waals surface area (Å²) in [5.41, 5.74) is 7.88. The van der Waals surface area contributed by atoms with E-state index in [0.29, 0.717) is 17.3 Å². The fraction of sp³-hybridized carbons (Fsp3) is 0.750. The van der Waals surface area contributed by atoms with Crippen LogP contribution in [-0.2, 0) is 6.42 Å². The molecule has 0 unspecified atom stereocenters. The maximum atomic E-state index is 12.3. The predicted molar refractivity (Wildman–Crippen MR) is 85.1 cm³/mol. The van der Waals surface area contributed by atoms with Crippen molar-refractivity contribution in [3.63, 3.8) is 0 Å². The molecule has 0 bridgehead atoms. The molecule has 1 aliphatic carbocycles. The van der Waals surface area contributed by atoms with Gasteiger partial charge < -0.3 is 11.1 Å². The van der Waals surface area contributed by atoms with Gasteiger partial charge in [0.15, 0.2) is 5.69 Å². The molecule has 1 amide bonds. The molecule has 0 aromatic carbocycles. The van der Waals surface area contributed by atoms with Crippen LogP contribution >= 0.6 is 0 Å². The van der Waals surface area contributed by atoms with Gasteiger partial charge in [-0.05, 0) is 37.0 Å². The Kier molecular flexibility index (Phi) is 4.91. The zero-order chi connectivity index (χ0) is 15.5. The van der Waals surface area contributed by atoms with Crippen molar-refractivity contribution < 1.29 is 4.79 Å². The van der Waals surface area contributed by atoms with Crippen molar-refractivity contribution >= 4 is 11.6 Å². The molecule has 21 heavy (non-hydrogen) atoms. The van der Waals surface area contributed by atoms with Crippen LogP contribution in [0.5, 0.6) is 0 Å². The van der Waals surface area contributed by atoms with E-state index in [9.17, 15) is 4.79 Å². The number of hydrogen-bond donors (Lipinski definition) is 3. The molecule has 1 fully saturated rings. The molecule has 0 saturated heterocycles. The SMILES string of the molecule is CCc1[nH]nc(C(=O)NCC2(CC(C)C)CCCC2)c1N. The Morgan fingerprint density at radius 1 is 1.43 bits per heavy atom. The van der Waals surface area contributed by atoms with Crippen molar-refractivity contribution in [2.45, 2.75) is 59.3 Å². The van der Waals surface area contributed by atoms with Gasteiger partial charge in [0.2, 0.25) is 0 Å². The normalized spacial score (nSPS) is 17.3. The molecule has 2 rings (SSSR count). The summed E-state index contributed by atoms with van der Waals surface area (Å²) in [5.74, 6) is 0.501. The van der Waals surface area contributed by atoms with Gasteiger partial charge in [-0.3, -0.25) is 9.89 Å². The van der Waals surface area contributed by atoms with E-state index < -0.39 is 0 Å². The Balaban J connectivity index is 2.00. The Hall–Kier alpha value is -1.52. The van der Waals surface area contributed by atoms with Crippen LogP contribution in [0.1, 0.15) is 69.1 Å². The summed E-state index contributed by atoms with van der Waals surface area (Å²) in [6.45, 7) is 7.22. The van der Waals surface area contributed by atoms with Crippen molar-refractivity contribution in [2.75, 3.05) is 12.3 Å². The van der Waals surface area contributed by atoms with Crippen molar-refractivity contribution in [3.8, 4) is 0 Å². The summed E-state index contributed by atoms with van der Waals surface area (Å²) in [4.78, 5) is 12.3. The third kappa shape index (κ3) is 3.57. The standard InChI is InChI=1S/C16H28N4O/c1-4-12-13(17)14(20-19-12)15(21)18-10-16(9-11(2)3)7-5-6-8-16/h11H,4-10,17H2,1-3H3,(H,18,21)(H,19,20). The lowest BCUT2D eigenvalue weighted by atomic mass is 9.78. The molecule has 0 aliphatic heterocycles. The van der Waals surface area contributed by atoms with E-state index in [2.05, 4.69) is 29.4 Å². The number of aromatic nitrogens is 2. The molecule has 1 heterocycles. The van der Waals surface area contributed by atoms with Crippen LogP contribution in [0, 0.1) is 11.3 Å². The number of carbonyl (C=O) groups is 1. The number of anilines is 1. The lowest BCUT2D eigenvalue weighted by Gasteiger charge is -2.31. The topological polar surface area (TPSA) is 83.8 Å². The number of nitrogens with zero attached hydrogens (tertiary/aromatic N) is 1. The number of amides is 1. The maximum absolute atomic E-state index is 12.3. The van der Waals surface area contributed by atoms with Gasteiger partial charge in [-0.1, -0.05) is 33.6 Å². The number of aromatic amines is 1. The number of rotatable bonds is 6. The van der Waals surface area contributed by atoms with Crippen LogP contribution in [0.3, 0.4) is 0 Å². The van der Waals surface area contributed by atoms with Gasteiger partial charge in [0.1, 0.15) is 0 Å². The van der Waals surface area contributed by atoms with E-state index in [1.807, 2.05) is 6.92 Å². The summed E-state index contributed by atoms with van der Waals surface area (Å²) in [7, 11) is 0. The second kappa shape index (κ2) is 6.50. The monoisotopic (exact) mass is 292 g/mol. The molecule has 118 valence electrons. The minimum Gasteiger partial charge on any atom is -0.395 e. The van der Waals surface area contributed by atoms with Gasteiger partial charge in [-0.2, -0.15) is 5.10 Å². The minimum absolute atomic E-state index is 0.154. The minimum atomic E-state index is -0.154. The first-order chi connectivity index (χ1) is 9.97. The summed E-state index contributed by atoms with van der Waals surface area (Å²) in [6.07, 6.45) is 6.89. The van der Waals surface area contributed by atoms with E-state index >= 15 is 0 Å². The lowest BCUT2D eigenvalue weighted by Crippen LogP contribution is -2.37. The molecule has 0 spiro atoms. The van der Waals surface area contributed by atoms with Gasteiger partial charge in [-0.15, -0.1) is 0 Å². The van der Waals surface area contributed by atoms with Crippen LogP contribution in [0.4, 0.5) is 5.69 Å². The molecule has 5 nitrogen and oxygen atoms in total. The third-order valence-corrected chi connectivity index (χ3v) is 4.58. The van der Waals surface area contributed by atoms with E-state index in [-0.39, 0.29) is 11.3 Å². The van der Waals surface area contributed by atoms with Crippen LogP contribution in [0.2, 0.25) is 0 Å². The van der Waals surface area contributed by atoms with Gasteiger partial charge in [0.05, 0.1) is 11.4 Å². The quantitative estimate of drug-likeness (QED) is 0.753. The fourth-order valence-corrected chi connectivity index (χ4v) is 3.62. The van der Waals surface area contributed by atoms with E-state index in [4.69, 9.17) is 5.73 Å². The second-order valence-corrected chi connectivity index (χ2v) is 6.81. The molecule has 1 aromatic rings. The largest absolute Gasteiger partial charge is 0.395 e. The number of hydrogen-bond acceptors (Lipinski definition) is 3. The van der Waals surface area contributed by atoms with E-state index in [0.717, 1.165) is 18.7 Å². The number of aryl methyl sites for hydroxylation is 1. The van der Waals surface area contributed by atoms with Gasteiger partial charge in [0.25, 0.3) is 5.91 Å². The summed E-state index contributed by atoms with van der Waals surface area (Å²) >= 11 is 0. The first kappa shape index (κ1) is 15.9. The summed E-state index contributed by atoms with van der Waals surface area (Å²) in [5, 5.41) is 9.96. The molecule has 1 aromatic heterocycles. The molecule has 0 atom stereocenters. The highest BCUT2D eigenvalue weighted by Crippen LogP contribution is 2.42. The molecular formula is C16H28N4O. The number of nitrogen functional groups attached to an aromatic ring is 1. The molecule has 1 saturated carbocycles. The van der Waals surface area contributed by atoms with Crippen LogP contribution in [0.25, 0.3) is 0 Å². The highest BCUT2D eigenvalue weighted by molar-refractivity contribution is 5.97. The first-order valence-corrected chi connectivity index (χ1v) is 8.08. The smallest absolute Gasteiger partial charge is 0.273 e. The van der Waals surface area contributed by atoms with Crippen LogP contribution in [-0.4, -0.2) is 22.6 Å². The number of H-pyrrole nitrogens is 1. The van der Waals surface area contributed by atoms with E-state index in [1.165, 1.54) is 32.1 Å². The van der Waals surface area contributed by atoms with Crippen molar-refractivity contribution in [3.05, 3.63) is 11.4 Å². The lowest BCUT2D eigenvalue weighted by molar-refractivity contribution is 0.0917. The highest BCUT2D eigenvalue weighted by Gasteiger charge is 2.35. The first-order valence-electron chi connectivity index (χ1n) is 8.08. The van der Waals surface area contributed by atoms with Crippen LogP contribution in [0.15, 0.2) is 0 Å². The Labute approximate surface area is 127 Å². The van der Waals surface area contributed by atoms with Crippen molar-refractivity contribution in [1.29, 1.82) is 0 Å². The van der Waals surface area contributed by atoms with Gasteiger partial charge in [-0.25, -0.2) is 0 Å². The average Bonchev–Trinajstić information content (AvgIpc) is 3.03. The Morgan fingerprint density at radius 2 is 2.10 bits per heavy atom. The number of nitrogens with one attached hydrogen (secondary N) is 2. The Bertz CT molecular complexity index is 486. The Morgan fingerprint density at radius 3 is 2.62 bits per heavy atom. The molecule has 4 N–H and O–H groups in total. The van der Waals surface area contributed by atoms with Gasteiger partial charge in [0, 0.05) is 6.54 Å². The van der Waals surface area contributed by atoms with E-state index in [1.54, 1.807) is 0 Å². The molecule has 0 radical (unpaired) electrons. The zero-order valence-electron chi connectivity index (χ0n) is 13.5. The van der Waals surface area contributed by atoms with Crippen molar-refractivity contribution in [1.82, 2.24) is 15.5 Å². The molecule has 1 aliphatic rings. The summed E-state index contributed by atoms with van der Waals surface area (Å²) in [6, 6.07) is 0. The number of carbonyl (C=O) groups excluding carboxylic acids is 1. The molecule has 5 heteroatoms. The molecular weight excluding hydrogens is 264 g/mol. The second-order valence-electron chi connectivity index (χ2n) is 6.81. The maximum Gasteiger partial charge on any atom is 0.273 e. The fourth-order valence-electron chi connectivity index (χ4n) is 3.62. The predicted octanol–water partition coefficient (Wildman–Crippen LogP) is 2.89. The third-order valence-electron chi connectivity index (χ3n) is 4.58.